The highest BCUT2D eigenvalue weighted by Crippen LogP contribution is 2.10. The minimum absolute atomic E-state index is 0.0389. The van der Waals surface area contributed by atoms with Crippen molar-refractivity contribution >= 4 is 43.6 Å². The van der Waals surface area contributed by atoms with Crippen LogP contribution in [0.1, 0.15) is 11.1 Å². The fourth-order valence-electron chi connectivity index (χ4n) is 2.16. The highest BCUT2D eigenvalue weighted by Gasteiger charge is 2.19. The summed E-state index contributed by atoms with van der Waals surface area (Å²) in [6.45, 7) is 0.0779. The van der Waals surface area contributed by atoms with Crippen molar-refractivity contribution in [2.75, 3.05) is 13.1 Å². The van der Waals surface area contributed by atoms with Gasteiger partial charge in [0.25, 0.3) is 20.4 Å². The summed E-state index contributed by atoms with van der Waals surface area (Å²) < 4.78 is 53.5. The van der Waals surface area contributed by atoms with Crippen molar-refractivity contribution < 1.29 is 16.8 Å². The quantitative estimate of drug-likeness (QED) is 0.513. The Bertz CT molecular complexity index is 869. The van der Waals surface area contributed by atoms with Crippen molar-refractivity contribution in [1.29, 1.82) is 0 Å². The van der Waals surface area contributed by atoms with E-state index in [1.54, 1.807) is 52.7 Å². The van der Waals surface area contributed by atoms with Gasteiger partial charge < -0.3 is 0 Å². The smallest absolute Gasteiger partial charge is 0.201 e. The molecule has 27 heavy (non-hydrogen) atoms. The zero-order valence-electron chi connectivity index (χ0n) is 14.2. The first kappa shape index (κ1) is 22.1. The fraction of sp³-hybridized carbons (Fsp3) is 0.250. The molecule has 0 amide bonds. The van der Waals surface area contributed by atoms with Gasteiger partial charge in [-0.1, -0.05) is 51.6 Å². The van der Waals surface area contributed by atoms with Crippen LogP contribution in [0, 0.1) is 0 Å². The summed E-state index contributed by atoms with van der Waals surface area (Å²) in [6.07, 6.45) is 0.782. The lowest BCUT2D eigenvalue weighted by molar-refractivity contribution is 0.560. The third-order valence-corrected chi connectivity index (χ3v) is 6.89. The molecule has 7 nitrogen and oxygen atoms in total. The van der Waals surface area contributed by atoms with Gasteiger partial charge in [0.15, 0.2) is 0 Å². The van der Waals surface area contributed by atoms with Crippen LogP contribution in [0.25, 0.3) is 0 Å². The van der Waals surface area contributed by atoms with E-state index in [2.05, 4.69) is 9.44 Å². The monoisotopic (exact) mass is 451 g/mol. The number of hydrogen-bond donors (Lipinski definition) is 3. The molecule has 0 aliphatic heterocycles. The Hall–Kier alpha value is -1.20. The molecule has 0 saturated carbocycles. The van der Waals surface area contributed by atoms with E-state index in [4.69, 9.17) is 23.2 Å². The minimum Gasteiger partial charge on any atom is -0.201 e. The number of halogens is 2. The molecule has 3 N–H and O–H groups in total. The van der Waals surface area contributed by atoms with E-state index >= 15 is 0 Å². The maximum atomic E-state index is 11.9. The summed E-state index contributed by atoms with van der Waals surface area (Å²) in [5.74, 6) is 0. The van der Waals surface area contributed by atoms with Gasteiger partial charge in [0.1, 0.15) is 0 Å². The molecule has 0 atom stereocenters. The van der Waals surface area contributed by atoms with Gasteiger partial charge >= 0.3 is 0 Å². The zero-order chi connectivity index (χ0) is 19.9. The standard InChI is InChI=1S/C16H19Cl2N3O4S2/c17-15-5-1-13(2-6-15)9-11-19-26(22,23)21-27(24,25)20-12-10-14-3-7-16(18)8-4-14/h1-8,19-21H,9-12H2. The van der Waals surface area contributed by atoms with Crippen LogP contribution < -0.4 is 13.6 Å². The topological polar surface area (TPSA) is 104 Å². The van der Waals surface area contributed by atoms with Crippen LogP contribution >= 0.6 is 23.2 Å². The van der Waals surface area contributed by atoms with E-state index < -0.39 is 20.4 Å². The van der Waals surface area contributed by atoms with Crippen LogP contribution in [0.4, 0.5) is 0 Å². The first-order chi connectivity index (χ1) is 12.7. The van der Waals surface area contributed by atoms with E-state index in [0.717, 1.165) is 11.1 Å². The molecule has 0 radical (unpaired) electrons. The number of hydrogen-bond acceptors (Lipinski definition) is 4. The molecule has 0 spiro atoms. The van der Waals surface area contributed by atoms with Crippen LogP contribution in [0.5, 0.6) is 0 Å². The molecule has 0 unspecified atom stereocenters. The van der Waals surface area contributed by atoms with Crippen molar-refractivity contribution in [3.63, 3.8) is 0 Å². The van der Waals surface area contributed by atoms with Gasteiger partial charge in [0.05, 0.1) is 0 Å². The second-order valence-corrected chi connectivity index (χ2v) is 9.76. The van der Waals surface area contributed by atoms with E-state index in [9.17, 15) is 16.8 Å². The molecule has 2 rings (SSSR count). The van der Waals surface area contributed by atoms with E-state index in [1.807, 2.05) is 0 Å². The lowest BCUT2D eigenvalue weighted by atomic mass is 10.2. The molecule has 0 bridgehead atoms. The Kier molecular flexibility index (Phi) is 8.04. The molecule has 11 heteroatoms. The summed E-state index contributed by atoms with van der Waals surface area (Å²) in [5, 5.41) is 1.16. The normalized spacial score (nSPS) is 12.2. The summed E-state index contributed by atoms with van der Waals surface area (Å²) in [7, 11) is -8.42. The second kappa shape index (κ2) is 9.83. The van der Waals surface area contributed by atoms with Crippen molar-refractivity contribution in [1.82, 2.24) is 13.6 Å². The first-order valence-corrected chi connectivity index (χ1v) is 11.6. The van der Waals surface area contributed by atoms with Gasteiger partial charge in [-0.15, -0.1) is 0 Å². The highest BCUT2D eigenvalue weighted by atomic mass is 35.5. The summed E-state index contributed by atoms with van der Waals surface area (Å²) in [5.41, 5.74) is 1.73. The molecule has 0 aliphatic carbocycles. The van der Waals surface area contributed by atoms with Gasteiger partial charge in [-0.25, -0.2) is 9.44 Å². The summed E-state index contributed by atoms with van der Waals surface area (Å²) in [6, 6.07) is 13.8. The molecule has 2 aromatic carbocycles. The van der Waals surface area contributed by atoms with Crippen molar-refractivity contribution in [3.8, 4) is 0 Å². The predicted octanol–water partition coefficient (Wildman–Crippen LogP) is 2.04. The van der Waals surface area contributed by atoms with Crippen molar-refractivity contribution in [2.24, 2.45) is 0 Å². The molecular formula is C16H19Cl2N3O4S2. The number of benzene rings is 2. The van der Waals surface area contributed by atoms with Crippen LogP contribution in [0.3, 0.4) is 0 Å². The Morgan fingerprint density at radius 3 is 1.30 bits per heavy atom. The molecular weight excluding hydrogens is 433 g/mol. The van der Waals surface area contributed by atoms with Gasteiger partial charge in [-0.2, -0.15) is 16.8 Å². The third-order valence-electron chi connectivity index (χ3n) is 3.46. The average molecular weight is 452 g/mol. The second-order valence-electron chi connectivity index (χ2n) is 5.63. The number of rotatable bonds is 10. The molecule has 0 saturated heterocycles. The SMILES string of the molecule is O=S(=O)(NCCc1ccc(Cl)cc1)NS(=O)(=O)NCCc1ccc(Cl)cc1. The van der Waals surface area contributed by atoms with Crippen LogP contribution in [-0.2, 0) is 33.3 Å². The average Bonchev–Trinajstić information content (AvgIpc) is 2.57. The Balaban J connectivity index is 1.78. The molecule has 148 valence electrons. The lowest BCUT2D eigenvalue weighted by Gasteiger charge is -2.10. The third kappa shape index (κ3) is 8.56. The number of nitrogens with one attached hydrogen (secondary N) is 3. The van der Waals surface area contributed by atoms with Crippen molar-refractivity contribution in [3.05, 3.63) is 69.7 Å². The van der Waals surface area contributed by atoms with Gasteiger partial charge in [0, 0.05) is 23.1 Å². The molecule has 2 aromatic rings. The molecule has 0 fully saturated rings. The van der Waals surface area contributed by atoms with E-state index in [1.165, 1.54) is 0 Å². The minimum atomic E-state index is -4.21. The van der Waals surface area contributed by atoms with Crippen molar-refractivity contribution in [2.45, 2.75) is 12.8 Å². The molecule has 0 aliphatic rings. The van der Waals surface area contributed by atoms with E-state index in [0.29, 0.717) is 22.9 Å². The maximum Gasteiger partial charge on any atom is 0.291 e. The van der Waals surface area contributed by atoms with Crippen LogP contribution in [-0.4, -0.2) is 29.9 Å². The highest BCUT2D eigenvalue weighted by molar-refractivity contribution is 8.02. The Morgan fingerprint density at radius 2 is 0.963 bits per heavy atom. The fourth-order valence-corrected chi connectivity index (χ4v) is 4.79. The summed E-state index contributed by atoms with van der Waals surface area (Å²) >= 11 is 11.6. The van der Waals surface area contributed by atoms with E-state index in [-0.39, 0.29) is 13.1 Å². The largest absolute Gasteiger partial charge is 0.291 e. The maximum absolute atomic E-state index is 11.9. The Morgan fingerprint density at radius 1 is 0.630 bits per heavy atom. The van der Waals surface area contributed by atoms with Crippen LogP contribution in [0.15, 0.2) is 48.5 Å². The first-order valence-electron chi connectivity index (χ1n) is 7.92. The summed E-state index contributed by atoms with van der Waals surface area (Å²) in [4.78, 5) is 0. The Labute approximate surface area is 169 Å². The predicted molar refractivity (Wildman–Crippen MR) is 107 cm³/mol. The van der Waals surface area contributed by atoms with Gasteiger partial charge in [0.2, 0.25) is 0 Å². The molecule has 0 heterocycles. The zero-order valence-corrected chi connectivity index (χ0v) is 17.3. The van der Waals surface area contributed by atoms with Gasteiger partial charge in [-0.3, -0.25) is 0 Å². The molecule has 0 aromatic heterocycles. The lowest BCUT2D eigenvalue weighted by Crippen LogP contribution is -2.46. The van der Waals surface area contributed by atoms with Crippen LogP contribution in [0.2, 0.25) is 10.0 Å². The van der Waals surface area contributed by atoms with Gasteiger partial charge in [-0.05, 0) is 48.2 Å².